The average Bonchev–Trinajstić information content (AvgIpc) is 2.82. The second-order valence-electron chi connectivity index (χ2n) is 3.76. The molecule has 2 aromatic rings. The minimum atomic E-state index is -0.368. The van der Waals surface area contributed by atoms with E-state index in [0.717, 1.165) is 10.5 Å². The molecule has 4 nitrogen and oxygen atoms in total. The van der Waals surface area contributed by atoms with E-state index in [1.165, 1.54) is 35.2 Å². The maximum atomic E-state index is 13.2. The Morgan fingerprint density at radius 1 is 1.42 bits per heavy atom. The van der Waals surface area contributed by atoms with Crippen molar-refractivity contribution in [2.45, 2.75) is 10.6 Å². The van der Waals surface area contributed by atoms with Gasteiger partial charge < -0.3 is 5.73 Å². The minimum Gasteiger partial charge on any atom is -0.399 e. The number of rotatable bonds is 4. The van der Waals surface area contributed by atoms with Crippen molar-refractivity contribution in [2.24, 2.45) is 5.84 Å². The van der Waals surface area contributed by atoms with Crippen LogP contribution in [0.5, 0.6) is 0 Å². The number of amides is 1. The number of hydrogen-bond donors (Lipinski definition) is 3. The number of thioether (sulfide) groups is 1. The molecule has 1 amide bonds. The second kappa shape index (κ2) is 6.05. The van der Waals surface area contributed by atoms with Crippen molar-refractivity contribution >= 4 is 34.7 Å². The molecule has 100 valence electrons. The van der Waals surface area contributed by atoms with Crippen LogP contribution < -0.4 is 17.0 Å². The number of benzene rings is 1. The zero-order valence-corrected chi connectivity index (χ0v) is 11.5. The average molecular weight is 297 g/mol. The molecule has 1 aromatic carbocycles. The second-order valence-corrected chi connectivity index (χ2v) is 5.72. The lowest BCUT2D eigenvalue weighted by Gasteiger charge is -2.04. The zero-order chi connectivity index (χ0) is 13.8. The highest BCUT2D eigenvalue weighted by molar-refractivity contribution is 7.98. The molecule has 0 atom stereocenters. The van der Waals surface area contributed by atoms with Crippen LogP contribution in [0.1, 0.15) is 15.2 Å². The molecule has 0 aliphatic rings. The summed E-state index contributed by atoms with van der Waals surface area (Å²) in [6.07, 6.45) is 0. The molecule has 0 bridgehead atoms. The van der Waals surface area contributed by atoms with Gasteiger partial charge in [-0.05, 0) is 35.2 Å². The molecule has 0 aliphatic heterocycles. The smallest absolute Gasteiger partial charge is 0.275 e. The number of hydrazine groups is 1. The summed E-state index contributed by atoms with van der Waals surface area (Å²) in [5.74, 6) is 4.98. The van der Waals surface area contributed by atoms with Crippen LogP contribution in [-0.2, 0) is 5.75 Å². The number of hydrogen-bond acceptors (Lipinski definition) is 5. The van der Waals surface area contributed by atoms with Crippen molar-refractivity contribution in [3.8, 4) is 0 Å². The van der Waals surface area contributed by atoms with Crippen molar-refractivity contribution in [3.05, 3.63) is 45.9 Å². The summed E-state index contributed by atoms with van der Waals surface area (Å²) >= 11 is 2.73. The van der Waals surface area contributed by atoms with Gasteiger partial charge in [0.25, 0.3) is 5.91 Å². The van der Waals surface area contributed by atoms with Gasteiger partial charge in [0.05, 0.1) is 4.88 Å². The van der Waals surface area contributed by atoms with Crippen LogP contribution in [0.25, 0.3) is 0 Å². The van der Waals surface area contributed by atoms with Gasteiger partial charge in [0.1, 0.15) is 5.82 Å². The van der Waals surface area contributed by atoms with E-state index in [4.69, 9.17) is 11.6 Å². The quantitative estimate of drug-likeness (QED) is 0.266. The van der Waals surface area contributed by atoms with Crippen LogP contribution in [0.3, 0.4) is 0 Å². The standard InChI is InChI=1S/C12H12FN3OS2/c13-8-3-9(14)5-10(4-8)19-6-7-1-2-18-11(7)12(17)16-15/h1-5H,6,14-15H2,(H,16,17). The molecule has 0 fully saturated rings. The predicted molar refractivity (Wildman–Crippen MR) is 76.3 cm³/mol. The Morgan fingerprint density at radius 2 is 2.21 bits per heavy atom. The molecule has 0 radical (unpaired) electrons. The number of halogens is 1. The summed E-state index contributed by atoms with van der Waals surface area (Å²) in [6, 6.07) is 6.23. The van der Waals surface area contributed by atoms with Gasteiger partial charge >= 0.3 is 0 Å². The van der Waals surface area contributed by atoms with Gasteiger partial charge in [-0.15, -0.1) is 23.1 Å². The molecule has 19 heavy (non-hydrogen) atoms. The van der Waals surface area contributed by atoms with Crippen LogP contribution in [0.4, 0.5) is 10.1 Å². The van der Waals surface area contributed by atoms with Gasteiger partial charge in [-0.3, -0.25) is 10.2 Å². The van der Waals surface area contributed by atoms with Crippen LogP contribution >= 0.6 is 23.1 Å². The van der Waals surface area contributed by atoms with Gasteiger partial charge in [-0.1, -0.05) is 0 Å². The number of nitrogens with one attached hydrogen (secondary N) is 1. The van der Waals surface area contributed by atoms with Crippen molar-refractivity contribution in [2.75, 3.05) is 5.73 Å². The first-order valence-electron chi connectivity index (χ1n) is 5.36. The molecule has 5 N–H and O–H groups in total. The first-order chi connectivity index (χ1) is 9.10. The Morgan fingerprint density at radius 3 is 2.89 bits per heavy atom. The van der Waals surface area contributed by atoms with Crippen molar-refractivity contribution in [1.82, 2.24) is 5.43 Å². The maximum absolute atomic E-state index is 13.2. The first-order valence-corrected chi connectivity index (χ1v) is 7.23. The van der Waals surface area contributed by atoms with E-state index in [1.807, 2.05) is 11.4 Å². The first kappa shape index (κ1) is 13.9. The Balaban J connectivity index is 2.10. The number of thiophene rings is 1. The Kier molecular flexibility index (Phi) is 4.41. The fourth-order valence-corrected chi connectivity index (χ4v) is 3.44. The Labute approximate surface area is 118 Å². The largest absolute Gasteiger partial charge is 0.399 e. The minimum absolute atomic E-state index is 0.315. The van der Waals surface area contributed by atoms with E-state index >= 15 is 0 Å². The third-order valence-corrected chi connectivity index (χ3v) is 4.35. The maximum Gasteiger partial charge on any atom is 0.275 e. The molecular weight excluding hydrogens is 285 g/mol. The van der Waals surface area contributed by atoms with E-state index in [0.29, 0.717) is 16.3 Å². The topological polar surface area (TPSA) is 81.1 Å². The monoisotopic (exact) mass is 297 g/mol. The number of carbonyl (C=O) groups is 1. The molecule has 0 unspecified atom stereocenters. The summed E-state index contributed by atoms with van der Waals surface area (Å²) in [6.45, 7) is 0. The van der Waals surface area contributed by atoms with Gasteiger partial charge in [0.15, 0.2) is 0 Å². The lowest BCUT2D eigenvalue weighted by atomic mass is 10.3. The molecule has 0 saturated heterocycles. The zero-order valence-electron chi connectivity index (χ0n) is 9.85. The Bertz CT molecular complexity index is 580. The van der Waals surface area contributed by atoms with Gasteiger partial charge in [-0.2, -0.15) is 0 Å². The van der Waals surface area contributed by atoms with Crippen LogP contribution in [0, 0.1) is 5.82 Å². The molecule has 0 aliphatic carbocycles. The highest BCUT2D eigenvalue weighted by atomic mass is 32.2. The van der Waals surface area contributed by atoms with Gasteiger partial charge in [0.2, 0.25) is 0 Å². The van der Waals surface area contributed by atoms with E-state index < -0.39 is 0 Å². The molecule has 1 heterocycles. The van der Waals surface area contributed by atoms with Crippen molar-refractivity contribution in [3.63, 3.8) is 0 Å². The Hall–Kier alpha value is -1.57. The molecule has 2 rings (SSSR count). The van der Waals surface area contributed by atoms with Gasteiger partial charge in [-0.25, -0.2) is 10.2 Å². The van der Waals surface area contributed by atoms with Crippen molar-refractivity contribution in [1.29, 1.82) is 0 Å². The lowest BCUT2D eigenvalue weighted by Crippen LogP contribution is -2.29. The SMILES string of the molecule is NNC(=O)c1sccc1CSc1cc(N)cc(F)c1. The van der Waals surface area contributed by atoms with Crippen LogP contribution in [-0.4, -0.2) is 5.91 Å². The predicted octanol–water partition coefficient (Wildman–Crippen LogP) is 2.37. The summed E-state index contributed by atoms with van der Waals surface area (Å²) in [4.78, 5) is 12.8. The molecular formula is C12H12FN3OS2. The third-order valence-electron chi connectivity index (χ3n) is 2.37. The highest BCUT2D eigenvalue weighted by Gasteiger charge is 2.12. The van der Waals surface area contributed by atoms with Crippen LogP contribution in [0.15, 0.2) is 34.5 Å². The van der Waals surface area contributed by atoms with Crippen LogP contribution in [0.2, 0.25) is 0 Å². The van der Waals surface area contributed by atoms with E-state index in [1.54, 1.807) is 6.07 Å². The summed E-state index contributed by atoms with van der Waals surface area (Å²) < 4.78 is 13.2. The number of nitrogen functional groups attached to an aromatic ring is 2. The van der Waals surface area contributed by atoms with E-state index in [-0.39, 0.29) is 11.7 Å². The molecule has 1 aromatic heterocycles. The number of anilines is 1. The third kappa shape index (κ3) is 3.46. The number of nitrogens with two attached hydrogens (primary N) is 2. The molecule has 0 saturated carbocycles. The lowest BCUT2D eigenvalue weighted by molar-refractivity contribution is 0.0957. The van der Waals surface area contributed by atoms with Crippen molar-refractivity contribution < 1.29 is 9.18 Å². The summed E-state index contributed by atoms with van der Waals surface area (Å²) in [5, 5.41) is 1.82. The molecule has 7 heteroatoms. The van der Waals surface area contributed by atoms with E-state index in [2.05, 4.69) is 5.43 Å². The fraction of sp³-hybridized carbons (Fsp3) is 0.0833. The van der Waals surface area contributed by atoms with E-state index in [9.17, 15) is 9.18 Å². The van der Waals surface area contributed by atoms with Gasteiger partial charge in [0, 0.05) is 16.3 Å². The number of carbonyl (C=O) groups excluding carboxylic acids is 1. The molecule has 0 spiro atoms. The normalized spacial score (nSPS) is 10.4. The summed E-state index contributed by atoms with van der Waals surface area (Å²) in [5.41, 5.74) is 8.93. The highest BCUT2D eigenvalue weighted by Crippen LogP contribution is 2.28. The summed E-state index contributed by atoms with van der Waals surface area (Å²) in [7, 11) is 0. The fourth-order valence-electron chi connectivity index (χ4n) is 1.54.